The number of anilines is 1. The van der Waals surface area contributed by atoms with Gasteiger partial charge in [-0.05, 0) is 110 Å². The lowest BCUT2D eigenvalue weighted by Gasteiger charge is -2.45. The number of ether oxygens (including phenoxy) is 1. The molecule has 2 aromatic rings. The van der Waals surface area contributed by atoms with Gasteiger partial charge >= 0.3 is 0 Å². The Bertz CT molecular complexity index is 1450. The van der Waals surface area contributed by atoms with Crippen molar-refractivity contribution >= 4 is 33.2 Å². The molecule has 2 aliphatic heterocycles. The maximum atomic E-state index is 13.2. The second kappa shape index (κ2) is 11.0. The molecule has 222 valence electrons. The molecule has 0 unspecified atom stereocenters. The smallest absolute Gasteiger partial charge is 0.264 e. The van der Waals surface area contributed by atoms with Crippen LogP contribution in [-0.4, -0.2) is 44.9 Å². The van der Waals surface area contributed by atoms with E-state index in [2.05, 4.69) is 16.5 Å². The van der Waals surface area contributed by atoms with E-state index in [0.29, 0.717) is 47.2 Å². The van der Waals surface area contributed by atoms with Crippen LogP contribution in [0.1, 0.15) is 80.3 Å². The highest BCUT2D eigenvalue weighted by molar-refractivity contribution is 7.90. The van der Waals surface area contributed by atoms with Crippen molar-refractivity contribution in [2.75, 3.05) is 30.3 Å². The van der Waals surface area contributed by atoms with Crippen LogP contribution in [0.3, 0.4) is 0 Å². The SMILES string of the molecule is C[C@@H]1C[C@@H](C)CC[C@@H]2CC[C@H]2CN2C[C@@]3(CCCc4cc(Cl)c(O)cc43)COc3ccc(cc32)C(=O)NS(=O)(=O)C1. The number of halogens is 1. The van der Waals surface area contributed by atoms with Gasteiger partial charge in [0.15, 0.2) is 0 Å². The van der Waals surface area contributed by atoms with E-state index in [1.165, 1.54) is 12.8 Å². The zero-order chi connectivity index (χ0) is 28.9. The van der Waals surface area contributed by atoms with Crippen molar-refractivity contribution < 1.29 is 23.1 Å². The van der Waals surface area contributed by atoms with E-state index in [-0.39, 0.29) is 22.8 Å². The van der Waals surface area contributed by atoms with Crippen molar-refractivity contribution in [1.29, 1.82) is 0 Å². The molecule has 7 nitrogen and oxygen atoms in total. The number of sulfonamides is 1. The number of aryl methyl sites for hydroxylation is 1. The molecule has 2 N–H and O–H groups in total. The van der Waals surface area contributed by atoms with Crippen LogP contribution in [0.5, 0.6) is 11.5 Å². The first kappa shape index (κ1) is 28.7. The molecule has 1 fully saturated rings. The molecule has 41 heavy (non-hydrogen) atoms. The summed E-state index contributed by atoms with van der Waals surface area (Å²) in [5.41, 5.74) is 3.03. The van der Waals surface area contributed by atoms with Crippen molar-refractivity contribution in [3.63, 3.8) is 0 Å². The number of carbonyl (C=O) groups is 1. The third-order valence-electron chi connectivity index (χ3n) is 10.0. The molecule has 6 rings (SSSR count). The number of amides is 1. The van der Waals surface area contributed by atoms with Gasteiger partial charge in [0.05, 0.1) is 23.1 Å². The van der Waals surface area contributed by atoms with E-state index in [4.69, 9.17) is 16.3 Å². The number of hydrogen-bond acceptors (Lipinski definition) is 6. The molecule has 1 amide bonds. The Labute approximate surface area is 248 Å². The van der Waals surface area contributed by atoms with E-state index in [1.54, 1.807) is 18.2 Å². The minimum Gasteiger partial charge on any atom is -0.506 e. The maximum absolute atomic E-state index is 13.2. The molecule has 4 aliphatic rings. The van der Waals surface area contributed by atoms with Gasteiger partial charge in [-0.25, -0.2) is 13.1 Å². The van der Waals surface area contributed by atoms with E-state index in [1.807, 2.05) is 19.1 Å². The average molecular weight is 601 g/mol. The minimum atomic E-state index is -3.77. The molecule has 1 saturated carbocycles. The van der Waals surface area contributed by atoms with Crippen LogP contribution in [0.15, 0.2) is 30.3 Å². The molecule has 2 aromatic carbocycles. The lowest BCUT2D eigenvalue weighted by atomic mass is 9.68. The van der Waals surface area contributed by atoms with Gasteiger partial charge in [0, 0.05) is 24.1 Å². The highest BCUT2D eigenvalue weighted by Gasteiger charge is 2.44. The summed E-state index contributed by atoms with van der Waals surface area (Å²) in [5, 5.41) is 11.0. The van der Waals surface area contributed by atoms with Gasteiger partial charge in [0.2, 0.25) is 10.0 Å². The summed E-state index contributed by atoms with van der Waals surface area (Å²) in [7, 11) is -3.77. The number of carbonyl (C=O) groups excluding carboxylic acids is 1. The zero-order valence-electron chi connectivity index (χ0n) is 24.0. The highest BCUT2D eigenvalue weighted by Crippen LogP contribution is 2.48. The molecule has 2 heterocycles. The van der Waals surface area contributed by atoms with Crippen LogP contribution in [0.25, 0.3) is 0 Å². The number of hydrogen-bond donors (Lipinski definition) is 2. The Kier molecular flexibility index (Phi) is 7.68. The van der Waals surface area contributed by atoms with E-state index in [0.717, 1.165) is 61.9 Å². The quantitative estimate of drug-likeness (QED) is 0.382. The molecule has 1 spiro atoms. The van der Waals surface area contributed by atoms with Gasteiger partial charge in [-0.3, -0.25) is 4.79 Å². The largest absolute Gasteiger partial charge is 0.506 e. The van der Waals surface area contributed by atoms with Crippen LogP contribution < -0.4 is 14.4 Å². The van der Waals surface area contributed by atoms with E-state index >= 15 is 0 Å². The monoisotopic (exact) mass is 600 g/mol. The number of nitrogens with zero attached hydrogens (tertiary/aromatic N) is 1. The molecular weight excluding hydrogens is 560 g/mol. The fourth-order valence-electron chi connectivity index (χ4n) is 7.80. The van der Waals surface area contributed by atoms with Gasteiger partial charge in [-0.1, -0.05) is 31.9 Å². The second-order valence-electron chi connectivity index (χ2n) is 13.3. The number of aromatic hydroxyl groups is 1. The number of fused-ring (bicyclic) bond motifs is 4. The average Bonchev–Trinajstić information content (AvgIpc) is 3.04. The summed E-state index contributed by atoms with van der Waals surface area (Å²) in [6.07, 6.45) is 8.29. The van der Waals surface area contributed by atoms with Gasteiger partial charge in [-0.15, -0.1) is 0 Å². The van der Waals surface area contributed by atoms with Crippen molar-refractivity contribution in [2.45, 2.75) is 70.6 Å². The number of phenolic OH excluding ortho intramolecular Hbond substituents is 1. The predicted octanol–water partition coefficient (Wildman–Crippen LogP) is 6.06. The molecule has 2 bridgehead atoms. The fraction of sp³-hybridized carbons (Fsp3) is 0.594. The van der Waals surface area contributed by atoms with Gasteiger partial charge in [0.25, 0.3) is 5.91 Å². The third-order valence-corrected chi connectivity index (χ3v) is 11.8. The first-order valence-corrected chi connectivity index (χ1v) is 17.1. The van der Waals surface area contributed by atoms with Crippen molar-refractivity contribution in [3.05, 3.63) is 52.0 Å². The zero-order valence-corrected chi connectivity index (χ0v) is 25.6. The lowest BCUT2D eigenvalue weighted by Crippen LogP contribution is -2.48. The lowest BCUT2D eigenvalue weighted by molar-refractivity contribution is 0.0981. The van der Waals surface area contributed by atoms with Crippen LogP contribution in [0.4, 0.5) is 5.69 Å². The highest BCUT2D eigenvalue weighted by atomic mass is 35.5. The predicted molar refractivity (Wildman–Crippen MR) is 162 cm³/mol. The summed E-state index contributed by atoms with van der Waals surface area (Å²) >= 11 is 6.31. The number of rotatable bonds is 0. The standard InChI is InChI=1S/C32H41ClN2O5S/c1-20-5-6-22-7-8-25(22)16-35-18-32(11-3-4-23-13-27(33)29(36)15-26(23)32)19-40-30-10-9-24(14-28(30)35)31(37)34-41(38,39)17-21(2)12-20/h9-10,13-15,20-22,25,36H,3-8,11-12,16-19H2,1-2H3,(H,34,37)/t20-,21+,22+,25-,32-/m0/s1. The van der Waals surface area contributed by atoms with Crippen molar-refractivity contribution in [3.8, 4) is 11.5 Å². The summed E-state index contributed by atoms with van der Waals surface area (Å²) in [5.74, 6) is 1.71. The van der Waals surface area contributed by atoms with E-state index < -0.39 is 15.9 Å². The van der Waals surface area contributed by atoms with Crippen LogP contribution in [0.2, 0.25) is 5.02 Å². The van der Waals surface area contributed by atoms with Gasteiger partial charge in [0.1, 0.15) is 11.5 Å². The first-order valence-electron chi connectivity index (χ1n) is 15.1. The normalized spacial score (nSPS) is 31.6. The van der Waals surface area contributed by atoms with Gasteiger partial charge < -0.3 is 14.7 Å². The second-order valence-corrected chi connectivity index (χ2v) is 15.5. The summed E-state index contributed by atoms with van der Waals surface area (Å²) in [6.45, 7) is 6.17. The molecule has 2 aliphatic carbocycles. The number of benzene rings is 2. The van der Waals surface area contributed by atoms with Crippen LogP contribution >= 0.6 is 11.6 Å². The Balaban J connectivity index is 1.40. The summed E-state index contributed by atoms with van der Waals surface area (Å²) < 4.78 is 34.7. The van der Waals surface area contributed by atoms with Crippen molar-refractivity contribution in [2.24, 2.45) is 23.7 Å². The molecule has 0 saturated heterocycles. The Hall–Kier alpha value is -2.45. The molecule has 0 aromatic heterocycles. The fourth-order valence-corrected chi connectivity index (χ4v) is 9.36. The number of nitrogens with one attached hydrogen (secondary N) is 1. The van der Waals surface area contributed by atoms with Gasteiger partial charge in [-0.2, -0.15) is 0 Å². The van der Waals surface area contributed by atoms with E-state index in [9.17, 15) is 18.3 Å². The van der Waals surface area contributed by atoms with Crippen LogP contribution in [-0.2, 0) is 21.9 Å². The third kappa shape index (κ3) is 5.79. The molecular formula is C32H41ClN2O5S. The Morgan fingerprint density at radius 1 is 1.07 bits per heavy atom. The molecule has 9 heteroatoms. The molecule has 5 atom stereocenters. The Morgan fingerprint density at radius 2 is 1.85 bits per heavy atom. The maximum Gasteiger partial charge on any atom is 0.264 e. The summed E-state index contributed by atoms with van der Waals surface area (Å²) in [4.78, 5) is 15.6. The Morgan fingerprint density at radius 3 is 2.63 bits per heavy atom. The minimum absolute atomic E-state index is 0.0276. The summed E-state index contributed by atoms with van der Waals surface area (Å²) in [6, 6.07) is 8.98. The van der Waals surface area contributed by atoms with Crippen molar-refractivity contribution in [1.82, 2.24) is 4.72 Å². The topological polar surface area (TPSA) is 95.9 Å². The first-order chi connectivity index (χ1) is 19.5. The molecule has 0 radical (unpaired) electrons. The van der Waals surface area contributed by atoms with Crippen LogP contribution in [0, 0.1) is 23.7 Å². The number of phenols is 1.